The van der Waals surface area contributed by atoms with Gasteiger partial charge in [0.15, 0.2) is 0 Å². The fourth-order valence-corrected chi connectivity index (χ4v) is 4.33. The molecule has 1 aliphatic heterocycles. The number of aromatic nitrogens is 2. The van der Waals surface area contributed by atoms with Gasteiger partial charge in [-0.15, -0.1) is 0 Å². The summed E-state index contributed by atoms with van der Waals surface area (Å²) in [6, 6.07) is 14.2. The Bertz CT molecular complexity index is 1100. The second-order valence-corrected chi connectivity index (χ2v) is 8.16. The van der Waals surface area contributed by atoms with Crippen molar-refractivity contribution >= 4 is 28.5 Å². The van der Waals surface area contributed by atoms with E-state index < -0.39 is 0 Å². The maximum atomic E-state index is 12.8. The summed E-state index contributed by atoms with van der Waals surface area (Å²) in [6.07, 6.45) is 2.12. The van der Waals surface area contributed by atoms with E-state index in [4.69, 9.17) is 4.98 Å². The van der Waals surface area contributed by atoms with Crippen molar-refractivity contribution in [3.63, 3.8) is 0 Å². The molecule has 162 valence electrons. The Morgan fingerprint density at radius 3 is 2.48 bits per heavy atom. The van der Waals surface area contributed by atoms with Gasteiger partial charge in [0.2, 0.25) is 11.8 Å². The molecule has 6 nitrogen and oxygen atoms in total. The van der Waals surface area contributed by atoms with E-state index in [9.17, 15) is 9.59 Å². The van der Waals surface area contributed by atoms with Gasteiger partial charge in [-0.05, 0) is 42.7 Å². The van der Waals surface area contributed by atoms with E-state index in [1.165, 1.54) is 5.56 Å². The van der Waals surface area contributed by atoms with E-state index in [0.717, 1.165) is 47.5 Å². The van der Waals surface area contributed by atoms with Crippen LogP contribution in [0.3, 0.4) is 0 Å². The molecule has 1 fully saturated rings. The van der Waals surface area contributed by atoms with E-state index in [0.29, 0.717) is 13.1 Å². The lowest BCUT2D eigenvalue weighted by molar-refractivity contribution is -0.128. The SMILES string of the molecule is CCc1ccc(CN2CC(C(=O)Nc3ccc4c(c3)nc(CC)n4CC)CC2=O)cc1. The standard InChI is InChI=1S/C25H30N4O2/c1-4-17-7-9-18(10-8-17)15-28-16-19(13-24(28)30)25(31)26-20-11-12-22-21(14-20)27-23(5-2)29(22)6-3/h7-12,14,19H,4-6,13,15-16H2,1-3H3,(H,26,31). The average Bonchev–Trinajstić information content (AvgIpc) is 3.33. The van der Waals surface area contributed by atoms with Gasteiger partial charge in [0, 0.05) is 38.2 Å². The third kappa shape index (κ3) is 4.33. The highest BCUT2D eigenvalue weighted by Gasteiger charge is 2.34. The molecule has 2 aromatic carbocycles. The summed E-state index contributed by atoms with van der Waals surface area (Å²) < 4.78 is 2.20. The molecular weight excluding hydrogens is 388 g/mol. The molecule has 1 aromatic heterocycles. The van der Waals surface area contributed by atoms with Crippen molar-refractivity contribution in [3.8, 4) is 0 Å². The Morgan fingerprint density at radius 2 is 1.81 bits per heavy atom. The van der Waals surface area contributed by atoms with Crippen LogP contribution in [-0.2, 0) is 35.5 Å². The predicted octanol–water partition coefficient (Wildman–Crippen LogP) is 4.17. The van der Waals surface area contributed by atoms with Crippen LogP contribution in [0, 0.1) is 5.92 Å². The maximum absolute atomic E-state index is 12.8. The zero-order chi connectivity index (χ0) is 22.0. The zero-order valence-corrected chi connectivity index (χ0v) is 18.5. The van der Waals surface area contributed by atoms with Crippen molar-refractivity contribution in [1.82, 2.24) is 14.5 Å². The van der Waals surface area contributed by atoms with E-state index in [2.05, 4.69) is 54.9 Å². The molecular formula is C25H30N4O2. The lowest BCUT2D eigenvalue weighted by Gasteiger charge is -2.17. The van der Waals surface area contributed by atoms with Gasteiger partial charge in [-0.1, -0.05) is 38.1 Å². The highest BCUT2D eigenvalue weighted by Crippen LogP contribution is 2.24. The van der Waals surface area contributed by atoms with Gasteiger partial charge < -0.3 is 14.8 Å². The van der Waals surface area contributed by atoms with Crippen molar-refractivity contribution in [2.75, 3.05) is 11.9 Å². The summed E-state index contributed by atoms with van der Waals surface area (Å²) in [5.41, 5.74) is 5.06. The fourth-order valence-electron chi connectivity index (χ4n) is 4.33. The van der Waals surface area contributed by atoms with Gasteiger partial charge in [0.25, 0.3) is 0 Å². The van der Waals surface area contributed by atoms with E-state index in [1.807, 2.05) is 18.2 Å². The molecule has 0 aliphatic carbocycles. The second-order valence-electron chi connectivity index (χ2n) is 8.16. The quantitative estimate of drug-likeness (QED) is 0.626. The summed E-state index contributed by atoms with van der Waals surface area (Å²) in [7, 11) is 0. The predicted molar refractivity (Wildman–Crippen MR) is 123 cm³/mol. The van der Waals surface area contributed by atoms with Crippen LogP contribution in [0.4, 0.5) is 5.69 Å². The molecule has 2 heterocycles. The molecule has 1 aliphatic rings. The molecule has 1 saturated heterocycles. The Labute approximate surface area is 183 Å². The second kappa shape index (κ2) is 8.92. The number of fused-ring (bicyclic) bond motifs is 1. The Morgan fingerprint density at radius 1 is 1.06 bits per heavy atom. The van der Waals surface area contributed by atoms with Gasteiger partial charge in [0.1, 0.15) is 5.82 Å². The molecule has 1 unspecified atom stereocenters. The molecule has 1 atom stereocenters. The van der Waals surface area contributed by atoms with Crippen molar-refractivity contribution in [2.24, 2.45) is 5.92 Å². The van der Waals surface area contributed by atoms with Crippen LogP contribution in [0.1, 0.15) is 44.1 Å². The number of carbonyl (C=O) groups is 2. The Kier molecular flexibility index (Phi) is 6.07. The number of amides is 2. The molecule has 1 N–H and O–H groups in total. The number of aryl methyl sites for hydroxylation is 3. The Balaban J connectivity index is 1.42. The first-order valence-corrected chi connectivity index (χ1v) is 11.2. The van der Waals surface area contributed by atoms with Crippen LogP contribution in [-0.4, -0.2) is 32.8 Å². The van der Waals surface area contributed by atoms with Crippen molar-refractivity contribution < 1.29 is 9.59 Å². The fraction of sp³-hybridized carbons (Fsp3) is 0.400. The van der Waals surface area contributed by atoms with Gasteiger partial charge >= 0.3 is 0 Å². The number of imidazole rings is 1. The van der Waals surface area contributed by atoms with Crippen molar-refractivity contribution in [1.29, 1.82) is 0 Å². The molecule has 4 rings (SSSR count). The highest BCUT2D eigenvalue weighted by atomic mass is 16.2. The number of hydrogen-bond acceptors (Lipinski definition) is 3. The maximum Gasteiger partial charge on any atom is 0.229 e. The number of nitrogens with zero attached hydrogens (tertiary/aromatic N) is 3. The number of rotatable bonds is 7. The number of carbonyl (C=O) groups excluding carboxylic acids is 2. The minimum atomic E-state index is -0.336. The monoisotopic (exact) mass is 418 g/mol. The largest absolute Gasteiger partial charge is 0.338 e. The third-order valence-electron chi connectivity index (χ3n) is 6.12. The Hall–Kier alpha value is -3.15. The van der Waals surface area contributed by atoms with Crippen molar-refractivity contribution in [2.45, 2.75) is 53.1 Å². The zero-order valence-electron chi connectivity index (χ0n) is 18.5. The molecule has 0 saturated carbocycles. The third-order valence-corrected chi connectivity index (χ3v) is 6.12. The normalized spacial score (nSPS) is 16.3. The lowest BCUT2D eigenvalue weighted by atomic mass is 10.1. The van der Waals surface area contributed by atoms with Gasteiger partial charge in [-0.3, -0.25) is 9.59 Å². The van der Waals surface area contributed by atoms with Crippen LogP contribution in [0.5, 0.6) is 0 Å². The molecule has 31 heavy (non-hydrogen) atoms. The molecule has 0 radical (unpaired) electrons. The number of anilines is 1. The highest BCUT2D eigenvalue weighted by molar-refractivity contribution is 5.98. The smallest absolute Gasteiger partial charge is 0.229 e. The number of nitrogens with one attached hydrogen (secondary N) is 1. The number of hydrogen-bond donors (Lipinski definition) is 1. The molecule has 0 spiro atoms. The topological polar surface area (TPSA) is 67.2 Å². The summed E-state index contributed by atoms with van der Waals surface area (Å²) in [5, 5.41) is 2.99. The summed E-state index contributed by atoms with van der Waals surface area (Å²) >= 11 is 0. The first-order chi connectivity index (χ1) is 15.0. The average molecular weight is 419 g/mol. The minimum Gasteiger partial charge on any atom is -0.338 e. The summed E-state index contributed by atoms with van der Waals surface area (Å²) in [4.78, 5) is 31.8. The van der Waals surface area contributed by atoms with Crippen LogP contribution in [0.15, 0.2) is 42.5 Å². The lowest BCUT2D eigenvalue weighted by Crippen LogP contribution is -2.28. The first-order valence-electron chi connectivity index (χ1n) is 11.2. The summed E-state index contributed by atoms with van der Waals surface area (Å²) in [6.45, 7) is 8.19. The first kappa shape index (κ1) is 21.1. The van der Waals surface area contributed by atoms with E-state index in [1.54, 1.807) is 4.90 Å². The number of likely N-dealkylation sites (tertiary alicyclic amines) is 1. The van der Waals surface area contributed by atoms with Crippen LogP contribution in [0.2, 0.25) is 0 Å². The number of benzene rings is 2. The van der Waals surface area contributed by atoms with E-state index >= 15 is 0 Å². The molecule has 0 bridgehead atoms. The van der Waals surface area contributed by atoms with Crippen LogP contribution in [0.25, 0.3) is 11.0 Å². The minimum absolute atomic E-state index is 0.0319. The van der Waals surface area contributed by atoms with E-state index in [-0.39, 0.29) is 24.2 Å². The van der Waals surface area contributed by atoms with Crippen molar-refractivity contribution in [3.05, 3.63) is 59.4 Å². The van der Waals surface area contributed by atoms with Gasteiger partial charge in [-0.2, -0.15) is 0 Å². The van der Waals surface area contributed by atoms with Gasteiger partial charge in [-0.25, -0.2) is 4.98 Å². The van der Waals surface area contributed by atoms with Crippen LogP contribution >= 0.6 is 0 Å². The van der Waals surface area contributed by atoms with Gasteiger partial charge in [0.05, 0.1) is 17.0 Å². The molecule has 2 amide bonds. The molecule has 6 heteroatoms. The van der Waals surface area contributed by atoms with Crippen LogP contribution < -0.4 is 5.32 Å². The summed E-state index contributed by atoms with van der Waals surface area (Å²) in [5.74, 6) is 0.633. The molecule has 3 aromatic rings.